The van der Waals surface area contributed by atoms with Crippen molar-refractivity contribution in [1.29, 1.82) is 0 Å². The van der Waals surface area contributed by atoms with E-state index in [2.05, 4.69) is 5.32 Å². The molecule has 0 saturated carbocycles. The molecular weight excluding hydrogens is 300 g/mol. The summed E-state index contributed by atoms with van der Waals surface area (Å²) in [5.41, 5.74) is 1.03. The number of benzene rings is 2. The normalized spacial score (nSPS) is 12.0. The molecule has 104 valence electrons. The summed E-state index contributed by atoms with van der Waals surface area (Å²) in [5, 5.41) is 3.44. The first-order valence-electron chi connectivity index (χ1n) is 5.99. The minimum atomic E-state index is -0.481. The van der Waals surface area contributed by atoms with Crippen LogP contribution in [0.15, 0.2) is 42.5 Å². The summed E-state index contributed by atoms with van der Waals surface area (Å²) in [6, 6.07) is 10.6. The van der Waals surface area contributed by atoms with Gasteiger partial charge in [0.25, 0.3) is 5.91 Å². The van der Waals surface area contributed by atoms with Crippen LogP contribution in [0.4, 0.5) is 4.39 Å². The first-order chi connectivity index (χ1) is 9.49. The second-order valence-corrected chi connectivity index (χ2v) is 5.16. The second kappa shape index (κ2) is 6.25. The van der Waals surface area contributed by atoms with Crippen LogP contribution in [0.5, 0.6) is 0 Å². The van der Waals surface area contributed by atoms with E-state index in [1.165, 1.54) is 12.1 Å². The van der Waals surface area contributed by atoms with Crippen molar-refractivity contribution in [3.05, 3.63) is 69.5 Å². The SMILES string of the molecule is CC(NC(=O)c1ccc(F)cc1Cl)c1ccccc1Cl. The topological polar surface area (TPSA) is 29.1 Å². The lowest BCUT2D eigenvalue weighted by molar-refractivity contribution is 0.0940. The molecule has 0 aromatic heterocycles. The van der Waals surface area contributed by atoms with E-state index in [9.17, 15) is 9.18 Å². The molecule has 0 saturated heterocycles. The molecule has 2 rings (SSSR count). The molecule has 1 unspecified atom stereocenters. The molecule has 1 atom stereocenters. The Hall–Kier alpha value is -1.58. The molecule has 0 radical (unpaired) electrons. The molecule has 2 nitrogen and oxygen atoms in total. The Morgan fingerprint density at radius 3 is 2.50 bits per heavy atom. The van der Waals surface area contributed by atoms with Crippen LogP contribution in [0, 0.1) is 5.82 Å². The van der Waals surface area contributed by atoms with Gasteiger partial charge in [-0.05, 0) is 36.8 Å². The first-order valence-corrected chi connectivity index (χ1v) is 6.75. The number of halogens is 3. The summed E-state index contributed by atoms with van der Waals surface area (Å²) in [6.45, 7) is 1.82. The van der Waals surface area contributed by atoms with Gasteiger partial charge in [0.2, 0.25) is 0 Å². The molecular formula is C15H12Cl2FNO. The Kier molecular flexibility index (Phi) is 4.63. The molecule has 1 N–H and O–H groups in total. The smallest absolute Gasteiger partial charge is 0.253 e. The Bertz CT molecular complexity index is 646. The molecule has 0 aliphatic heterocycles. The Labute approximate surface area is 126 Å². The van der Waals surface area contributed by atoms with E-state index in [-0.39, 0.29) is 22.5 Å². The Morgan fingerprint density at radius 2 is 1.85 bits per heavy atom. The number of hydrogen-bond acceptors (Lipinski definition) is 1. The third-order valence-corrected chi connectivity index (χ3v) is 3.55. The van der Waals surface area contributed by atoms with Crippen LogP contribution in [-0.4, -0.2) is 5.91 Å². The number of amides is 1. The van der Waals surface area contributed by atoms with Gasteiger partial charge in [-0.15, -0.1) is 0 Å². The lowest BCUT2D eigenvalue weighted by Crippen LogP contribution is -2.27. The second-order valence-electron chi connectivity index (χ2n) is 4.34. The maximum atomic E-state index is 13.0. The third-order valence-electron chi connectivity index (χ3n) is 2.90. The number of nitrogens with one attached hydrogen (secondary N) is 1. The summed E-state index contributed by atoms with van der Waals surface area (Å²) < 4.78 is 13.0. The molecule has 0 bridgehead atoms. The quantitative estimate of drug-likeness (QED) is 0.880. The van der Waals surface area contributed by atoms with Gasteiger partial charge in [-0.1, -0.05) is 41.4 Å². The van der Waals surface area contributed by atoms with Gasteiger partial charge < -0.3 is 5.32 Å². The van der Waals surface area contributed by atoms with E-state index in [0.29, 0.717) is 5.02 Å². The average molecular weight is 312 g/mol. The van der Waals surface area contributed by atoms with E-state index < -0.39 is 5.82 Å². The molecule has 5 heteroatoms. The van der Waals surface area contributed by atoms with Gasteiger partial charge in [-0.25, -0.2) is 4.39 Å². The fourth-order valence-electron chi connectivity index (χ4n) is 1.85. The van der Waals surface area contributed by atoms with Crippen molar-refractivity contribution in [2.24, 2.45) is 0 Å². The van der Waals surface area contributed by atoms with Crippen LogP contribution in [0.2, 0.25) is 10.0 Å². The van der Waals surface area contributed by atoms with Crippen LogP contribution in [0.1, 0.15) is 28.9 Å². The highest BCUT2D eigenvalue weighted by atomic mass is 35.5. The Balaban J connectivity index is 2.17. The predicted molar refractivity (Wildman–Crippen MR) is 78.7 cm³/mol. The molecule has 0 aliphatic rings. The average Bonchev–Trinajstić information content (AvgIpc) is 2.38. The van der Waals surface area contributed by atoms with Gasteiger partial charge in [0.15, 0.2) is 0 Å². The van der Waals surface area contributed by atoms with Crippen molar-refractivity contribution in [2.75, 3.05) is 0 Å². The van der Waals surface area contributed by atoms with Crippen molar-refractivity contribution in [3.63, 3.8) is 0 Å². The summed E-state index contributed by atoms with van der Waals surface area (Å²) in [7, 11) is 0. The van der Waals surface area contributed by atoms with Crippen LogP contribution in [0.3, 0.4) is 0 Å². The predicted octanol–water partition coefficient (Wildman–Crippen LogP) is 4.62. The van der Waals surface area contributed by atoms with Gasteiger partial charge >= 0.3 is 0 Å². The van der Waals surface area contributed by atoms with Crippen LogP contribution in [0.25, 0.3) is 0 Å². The molecule has 2 aromatic rings. The Morgan fingerprint density at radius 1 is 1.15 bits per heavy atom. The lowest BCUT2D eigenvalue weighted by Gasteiger charge is -2.16. The minimum Gasteiger partial charge on any atom is -0.345 e. The summed E-state index contributed by atoms with van der Waals surface area (Å²) in [5.74, 6) is -0.854. The highest BCUT2D eigenvalue weighted by Crippen LogP contribution is 2.23. The summed E-state index contributed by atoms with van der Waals surface area (Å²) in [4.78, 5) is 12.1. The first kappa shape index (κ1) is 14.8. The number of carbonyl (C=O) groups excluding carboxylic acids is 1. The van der Waals surface area contributed by atoms with Crippen LogP contribution >= 0.6 is 23.2 Å². The van der Waals surface area contributed by atoms with Gasteiger partial charge in [-0.3, -0.25) is 4.79 Å². The zero-order chi connectivity index (χ0) is 14.7. The van der Waals surface area contributed by atoms with Gasteiger partial charge in [-0.2, -0.15) is 0 Å². The lowest BCUT2D eigenvalue weighted by atomic mass is 10.1. The fourth-order valence-corrected chi connectivity index (χ4v) is 2.40. The highest BCUT2D eigenvalue weighted by molar-refractivity contribution is 6.34. The number of carbonyl (C=O) groups is 1. The van der Waals surface area contributed by atoms with E-state index in [1.54, 1.807) is 6.07 Å². The third kappa shape index (κ3) is 3.30. The monoisotopic (exact) mass is 311 g/mol. The number of rotatable bonds is 3. The van der Waals surface area contributed by atoms with E-state index in [0.717, 1.165) is 11.6 Å². The molecule has 2 aromatic carbocycles. The van der Waals surface area contributed by atoms with Crippen LogP contribution in [-0.2, 0) is 0 Å². The van der Waals surface area contributed by atoms with E-state index in [1.807, 2.05) is 25.1 Å². The number of hydrogen-bond donors (Lipinski definition) is 1. The molecule has 20 heavy (non-hydrogen) atoms. The van der Waals surface area contributed by atoms with Gasteiger partial charge in [0.05, 0.1) is 16.6 Å². The van der Waals surface area contributed by atoms with Gasteiger partial charge in [0.1, 0.15) is 5.82 Å². The zero-order valence-corrected chi connectivity index (χ0v) is 12.2. The summed E-state index contributed by atoms with van der Waals surface area (Å²) >= 11 is 11.9. The molecule has 0 fully saturated rings. The van der Waals surface area contributed by atoms with E-state index >= 15 is 0 Å². The van der Waals surface area contributed by atoms with Gasteiger partial charge in [0, 0.05) is 5.02 Å². The summed E-state index contributed by atoms with van der Waals surface area (Å²) in [6.07, 6.45) is 0. The van der Waals surface area contributed by atoms with Crippen molar-refractivity contribution >= 4 is 29.1 Å². The van der Waals surface area contributed by atoms with Crippen molar-refractivity contribution < 1.29 is 9.18 Å². The van der Waals surface area contributed by atoms with Crippen molar-refractivity contribution in [1.82, 2.24) is 5.32 Å². The van der Waals surface area contributed by atoms with Crippen molar-refractivity contribution in [2.45, 2.75) is 13.0 Å². The van der Waals surface area contributed by atoms with Crippen LogP contribution < -0.4 is 5.32 Å². The fraction of sp³-hybridized carbons (Fsp3) is 0.133. The van der Waals surface area contributed by atoms with Crippen molar-refractivity contribution in [3.8, 4) is 0 Å². The molecule has 0 heterocycles. The minimum absolute atomic E-state index is 0.0776. The maximum absolute atomic E-state index is 13.0. The molecule has 0 aliphatic carbocycles. The highest BCUT2D eigenvalue weighted by Gasteiger charge is 2.16. The maximum Gasteiger partial charge on any atom is 0.253 e. The standard InChI is InChI=1S/C15H12Cl2FNO/c1-9(11-4-2-3-5-13(11)16)19-15(20)12-7-6-10(18)8-14(12)17/h2-9H,1H3,(H,19,20). The zero-order valence-electron chi connectivity index (χ0n) is 10.7. The van der Waals surface area contributed by atoms with E-state index in [4.69, 9.17) is 23.2 Å². The molecule has 0 spiro atoms. The largest absolute Gasteiger partial charge is 0.345 e. The molecule has 1 amide bonds.